The van der Waals surface area contributed by atoms with Crippen LogP contribution in [0.3, 0.4) is 0 Å². The van der Waals surface area contributed by atoms with E-state index in [2.05, 4.69) is 9.36 Å². The van der Waals surface area contributed by atoms with Crippen LogP contribution in [0.25, 0.3) is 11.1 Å². The van der Waals surface area contributed by atoms with Crippen LogP contribution in [0.1, 0.15) is 0 Å². The van der Waals surface area contributed by atoms with Gasteiger partial charge in [0.25, 0.3) is 0 Å². The molecule has 3 heterocycles. The fourth-order valence-corrected chi connectivity index (χ4v) is 4.30. The molecule has 1 aliphatic heterocycles. The summed E-state index contributed by atoms with van der Waals surface area (Å²) in [6.07, 6.45) is 3.41. The Morgan fingerprint density at radius 3 is 2.50 bits per heavy atom. The molecule has 1 aliphatic rings. The molecule has 2 N–H and O–H groups in total. The van der Waals surface area contributed by atoms with Gasteiger partial charge in [-0.3, -0.25) is 4.98 Å². The van der Waals surface area contributed by atoms with Crippen molar-refractivity contribution in [2.45, 2.75) is 0 Å². The van der Waals surface area contributed by atoms with Gasteiger partial charge in [0.05, 0.1) is 17.1 Å². The van der Waals surface area contributed by atoms with E-state index in [0.29, 0.717) is 18.9 Å². The molecule has 0 spiro atoms. The number of hydrogen-bond acceptors (Lipinski definition) is 7. The maximum absolute atomic E-state index is 11.5. The lowest BCUT2D eigenvalue weighted by atomic mass is 10.1. The Morgan fingerprint density at radius 1 is 1.20 bits per heavy atom. The molecular formula is C12H14N4O2S2. The number of hydrogen-bond donors (Lipinski definition) is 1. The molecule has 0 radical (unpaired) electrons. The molecule has 0 amide bonds. The first kappa shape index (κ1) is 13.3. The summed E-state index contributed by atoms with van der Waals surface area (Å²) in [5.74, 6) is 0.839. The van der Waals surface area contributed by atoms with Crippen molar-refractivity contribution in [1.29, 1.82) is 0 Å². The molecule has 0 aliphatic carbocycles. The molecule has 20 heavy (non-hydrogen) atoms. The second-order valence-electron chi connectivity index (χ2n) is 4.62. The summed E-state index contributed by atoms with van der Waals surface area (Å²) in [6, 6.07) is 3.76. The Hall–Kier alpha value is -1.67. The number of nitrogen functional groups attached to an aromatic ring is 1. The smallest absolute Gasteiger partial charge is 0.153 e. The zero-order chi connectivity index (χ0) is 14.2. The Labute approximate surface area is 121 Å². The van der Waals surface area contributed by atoms with Crippen molar-refractivity contribution in [3.63, 3.8) is 0 Å². The van der Waals surface area contributed by atoms with Gasteiger partial charge in [-0.25, -0.2) is 8.42 Å². The third kappa shape index (κ3) is 2.48. The number of anilines is 2. The van der Waals surface area contributed by atoms with Gasteiger partial charge >= 0.3 is 0 Å². The lowest BCUT2D eigenvalue weighted by molar-refractivity contribution is 0.587. The van der Waals surface area contributed by atoms with Crippen molar-refractivity contribution in [3.05, 3.63) is 24.5 Å². The van der Waals surface area contributed by atoms with E-state index in [-0.39, 0.29) is 11.5 Å². The maximum Gasteiger partial charge on any atom is 0.153 e. The number of aromatic nitrogens is 2. The van der Waals surface area contributed by atoms with E-state index >= 15 is 0 Å². The minimum absolute atomic E-state index is 0.181. The summed E-state index contributed by atoms with van der Waals surface area (Å²) in [5.41, 5.74) is 7.79. The van der Waals surface area contributed by atoms with Gasteiger partial charge in [0.2, 0.25) is 0 Å². The van der Waals surface area contributed by atoms with E-state index in [1.165, 1.54) is 11.5 Å². The van der Waals surface area contributed by atoms with Gasteiger partial charge in [-0.2, -0.15) is 4.37 Å². The van der Waals surface area contributed by atoms with Crippen LogP contribution in [0.5, 0.6) is 0 Å². The second kappa shape index (κ2) is 5.02. The molecular weight excluding hydrogens is 296 g/mol. The first-order valence-corrected chi connectivity index (χ1v) is 8.77. The number of sulfone groups is 1. The molecule has 2 aromatic rings. The normalized spacial score (nSPS) is 18.1. The molecule has 0 saturated carbocycles. The summed E-state index contributed by atoms with van der Waals surface area (Å²) >= 11 is 1.31. The fraction of sp³-hybridized carbons (Fsp3) is 0.333. The largest absolute Gasteiger partial charge is 0.382 e. The highest BCUT2D eigenvalue weighted by molar-refractivity contribution is 7.91. The van der Waals surface area contributed by atoms with E-state index in [1.807, 2.05) is 17.0 Å². The van der Waals surface area contributed by atoms with Gasteiger partial charge in [0.15, 0.2) is 9.84 Å². The van der Waals surface area contributed by atoms with Gasteiger partial charge in [-0.15, -0.1) is 0 Å². The Balaban J connectivity index is 1.96. The maximum atomic E-state index is 11.5. The van der Waals surface area contributed by atoms with Crippen LogP contribution >= 0.6 is 11.5 Å². The monoisotopic (exact) mass is 310 g/mol. The van der Waals surface area contributed by atoms with Crippen LogP contribution in [0.2, 0.25) is 0 Å². The minimum Gasteiger partial charge on any atom is -0.382 e. The first-order chi connectivity index (χ1) is 9.57. The predicted octanol–water partition coefficient (Wildman–Crippen LogP) is 1.02. The zero-order valence-corrected chi connectivity index (χ0v) is 12.3. The van der Waals surface area contributed by atoms with Crippen molar-refractivity contribution in [2.75, 3.05) is 35.2 Å². The molecule has 0 atom stereocenters. The number of nitrogens with zero attached hydrogens (tertiary/aromatic N) is 3. The van der Waals surface area contributed by atoms with E-state index < -0.39 is 9.84 Å². The lowest BCUT2D eigenvalue weighted by Crippen LogP contribution is -2.40. The van der Waals surface area contributed by atoms with Crippen LogP contribution in [-0.2, 0) is 9.84 Å². The predicted molar refractivity (Wildman–Crippen MR) is 80.6 cm³/mol. The molecule has 106 valence electrons. The van der Waals surface area contributed by atoms with Crippen LogP contribution in [0.4, 0.5) is 10.8 Å². The Bertz CT molecular complexity index is 698. The van der Waals surface area contributed by atoms with Gasteiger partial charge in [0.1, 0.15) is 10.8 Å². The van der Waals surface area contributed by atoms with E-state index in [9.17, 15) is 8.42 Å². The first-order valence-electron chi connectivity index (χ1n) is 6.18. The standard InChI is InChI=1S/C12H14N4O2S2/c13-11-10(9-1-3-14-4-2-9)12(19-15-11)16-5-7-20(17,18)8-6-16/h1-4H,5-8H2,(H2,13,15). The van der Waals surface area contributed by atoms with Crippen LogP contribution < -0.4 is 10.6 Å². The van der Waals surface area contributed by atoms with E-state index in [4.69, 9.17) is 5.73 Å². The summed E-state index contributed by atoms with van der Waals surface area (Å²) < 4.78 is 27.2. The Morgan fingerprint density at radius 2 is 1.85 bits per heavy atom. The Kier molecular flexibility index (Phi) is 3.35. The highest BCUT2D eigenvalue weighted by atomic mass is 32.2. The van der Waals surface area contributed by atoms with Gasteiger partial charge in [-0.1, -0.05) is 0 Å². The number of nitrogens with two attached hydrogens (primary N) is 1. The fourth-order valence-electron chi connectivity index (χ4n) is 2.21. The molecule has 1 fully saturated rings. The van der Waals surface area contributed by atoms with E-state index in [0.717, 1.165) is 16.1 Å². The van der Waals surface area contributed by atoms with Crippen molar-refractivity contribution >= 4 is 32.2 Å². The topological polar surface area (TPSA) is 89.2 Å². The van der Waals surface area contributed by atoms with Crippen LogP contribution in [0.15, 0.2) is 24.5 Å². The number of pyridine rings is 1. The average Bonchev–Trinajstić information content (AvgIpc) is 2.82. The molecule has 0 aromatic carbocycles. The molecule has 6 nitrogen and oxygen atoms in total. The summed E-state index contributed by atoms with van der Waals surface area (Å²) in [5, 5.41) is 0.934. The van der Waals surface area contributed by atoms with Crippen LogP contribution in [-0.4, -0.2) is 42.4 Å². The van der Waals surface area contributed by atoms with Crippen molar-refractivity contribution < 1.29 is 8.42 Å². The molecule has 8 heteroatoms. The third-order valence-corrected chi connectivity index (χ3v) is 5.83. The van der Waals surface area contributed by atoms with E-state index in [1.54, 1.807) is 12.4 Å². The average molecular weight is 310 g/mol. The summed E-state index contributed by atoms with van der Waals surface area (Å²) in [7, 11) is -2.89. The second-order valence-corrected chi connectivity index (χ2v) is 7.68. The van der Waals surface area contributed by atoms with Crippen LogP contribution in [0, 0.1) is 0 Å². The third-order valence-electron chi connectivity index (χ3n) is 3.30. The quantitative estimate of drug-likeness (QED) is 0.891. The molecule has 0 bridgehead atoms. The van der Waals surface area contributed by atoms with Crippen molar-refractivity contribution in [2.24, 2.45) is 0 Å². The molecule has 0 unspecified atom stereocenters. The minimum atomic E-state index is -2.89. The van der Waals surface area contributed by atoms with Crippen molar-refractivity contribution in [1.82, 2.24) is 9.36 Å². The highest BCUT2D eigenvalue weighted by Gasteiger charge is 2.26. The van der Waals surface area contributed by atoms with Gasteiger partial charge < -0.3 is 10.6 Å². The molecule has 1 saturated heterocycles. The highest BCUT2D eigenvalue weighted by Crippen LogP contribution is 2.39. The SMILES string of the molecule is Nc1nsc(N2CCS(=O)(=O)CC2)c1-c1ccncc1. The summed E-state index contributed by atoms with van der Waals surface area (Å²) in [6.45, 7) is 0.976. The van der Waals surface area contributed by atoms with Gasteiger partial charge in [-0.05, 0) is 29.2 Å². The van der Waals surface area contributed by atoms with Crippen molar-refractivity contribution in [3.8, 4) is 11.1 Å². The zero-order valence-electron chi connectivity index (χ0n) is 10.7. The van der Waals surface area contributed by atoms with Gasteiger partial charge in [0, 0.05) is 25.5 Å². The molecule has 2 aromatic heterocycles. The molecule has 3 rings (SSSR count). The lowest BCUT2D eigenvalue weighted by Gasteiger charge is -2.28. The number of rotatable bonds is 2. The summed E-state index contributed by atoms with van der Waals surface area (Å²) in [4.78, 5) is 6.04.